The summed E-state index contributed by atoms with van der Waals surface area (Å²) >= 11 is 6.18. The number of para-hydroxylation sites is 1. The molecule has 0 spiro atoms. The molecule has 2 aromatic carbocycles. The van der Waals surface area contributed by atoms with Crippen LogP contribution in [0.2, 0.25) is 5.02 Å². The highest BCUT2D eigenvalue weighted by Gasteiger charge is 2.17. The molecule has 6 heteroatoms. The molecule has 0 atom stereocenters. The first-order valence-electron chi connectivity index (χ1n) is 5.92. The number of aryl methyl sites for hydroxylation is 1. The van der Waals surface area contributed by atoms with Crippen LogP contribution in [0.4, 0.5) is 0 Å². The predicted molar refractivity (Wildman–Crippen MR) is 75.6 cm³/mol. The summed E-state index contributed by atoms with van der Waals surface area (Å²) in [5, 5.41) is 17.8. The average Bonchev–Trinajstić information content (AvgIpc) is 2.85. The third kappa shape index (κ3) is 1.92. The summed E-state index contributed by atoms with van der Waals surface area (Å²) in [6.07, 6.45) is 0. The van der Waals surface area contributed by atoms with Gasteiger partial charge in [0.1, 0.15) is 11.0 Å². The van der Waals surface area contributed by atoms with Crippen LogP contribution >= 0.6 is 11.6 Å². The molecule has 0 unspecified atom stereocenters. The molecule has 0 amide bonds. The maximum atomic E-state index is 11.3. The van der Waals surface area contributed by atoms with Crippen molar-refractivity contribution in [1.29, 1.82) is 0 Å². The molecule has 1 aromatic heterocycles. The van der Waals surface area contributed by atoms with Crippen molar-refractivity contribution in [1.82, 2.24) is 15.0 Å². The minimum absolute atomic E-state index is 0.144. The minimum Gasteiger partial charge on any atom is -0.478 e. The van der Waals surface area contributed by atoms with Gasteiger partial charge in [-0.2, -0.15) is 0 Å². The summed E-state index contributed by atoms with van der Waals surface area (Å²) in [6.45, 7) is 1.93. The number of hydrogen-bond acceptors (Lipinski definition) is 3. The Hall–Kier alpha value is -2.40. The summed E-state index contributed by atoms with van der Waals surface area (Å²) in [7, 11) is 0. The zero-order valence-corrected chi connectivity index (χ0v) is 11.3. The van der Waals surface area contributed by atoms with Gasteiger partial charge in [-0.05, 0) is 36.8 Å². The number of rotatable bonds is 2. The van der Waals surface area contributed by atoms with Crippen molar-refractivity contribution in [3.8, 4) is 5.69 Å². The van der Waals surface area contributed by atoms with Crippen molar-refractivity contribution >= 4 is 28.6 Å². The number of fused-ring (bicyclic) bond motifs is 1. The van der Waals surface area contributed by atoms with E-state index >= 15 is 0 Å². The van der Waals surface area contributed by atoms with E-state index in [-0.39, 0.29) is 5.56 Å². The second-order valence-corrected chi connectivity index (χ2v) is 4.84. The molecular weight excluding hydrogens is 278 g/mol. The predicted octanol–water partition coefficient (Wildman–Crippen LogP) is 3.08. The van der Waals surface area contributed by atoms with Crippen molar-refractivity contribution in [3.63, 3.8) is 0 Å². The van der Waals surface area contributed by atoms with Crippen LogP contribution in [0.3, 0.4) is 0 Å². The molecule has 1 N–H and O–H groups in total. The molecule has 3 aromatic rings. The Morgan fingerprint density at radius 2 is 2.10 bits per heavy atom. The molecule has 0 fully saturated rings. The number of halogens is 1. The highest BCUT2D eigenvalue weighted by atomic mass is 35.5. The first-order valence-corrected chi connectivity index (χ1v) is 6.30. The van der Waals surface area contributed by atoms with E-state index in [4.69, 9.17) is 11.6 Å². The monoisotopic (exact) mass is 287 g/mol. The Morgan fingerprint density at radius 1 is 1.30 bits per heavy atom. The molecule has 0 aliphatic carbocycles. The zero-order valence-electron chi connectivity index (χ0n) is 10.5. The van der Waals surface area contributed by atoms with E-state index in [1.54, 1.807) is 18.2 Å². The SMILES string of the molecule is Cc1ccc(Cl)c(-n2nnc3cccc(C(=O)O)c32)c1. The first kappa shape index (κ1) is 12.6. The summed E-state index contributed by atoms with van der Waals surface area (Å²) in [4.78, 5) is 11.3. The maximum Gasteiger partial charge on any atom is 0.337 e. The van der Waals surface area contributed by atoms with E-state index in [2.05, 4.69) is 10.3 Å². The fourth-order valence-electron chi connectivity index (χ4n) is 2.10. The summed E-state index contributed by atoms with van der Waals surface area (Å²) < 4.78 is 1.47. The fraction of sp³-hybridized carbons (Fsp3) is 0.0714. The third-order valence-electron chi connectivity index (χ3n) is 3.03. The molecular formula is C14H10ClN3O2. The first-order chi connectivity index (χ1) is 9.58. The van der Waals surface area contributed by atoms with Crippen LogP contribution in [0.25, 0.3) is 16.7 Å². The second kappa shape index (κ2) is 4.61. The van der Waals surface area contributed by atoms with Gasteiger partial charge in [0, 0.05) is 0 Å². The van der Waals surface area contributed by atoms with Gasteiger partial charge in [0.15, 0.2) is 0 Å². The smallest absolute Gasteiger partial charge is 0.337 e. The van der Waals surface area contributed by atoms with Gasteiger partial charge in [0.2, 0.25) is 0 Å². The Morgan fingerprint density at radius 3 is 2.85 bits per heavy atom. The minimum atomic E-state index is -1.03. The topological polar surface area (TPSA) is 68.0 Å². The van der Waals surface area contributed by atoms with Gasteiger partial charge in [-0.1, -0.05) is 28.9 Å². The number of aromatic carboxylic acids is 1. The quantitative estimate of drug-likeness (QED) is 0.786. The van der Waals surface area contributed by atoms with Crippen LogP contribution < -0.4 is 0 Å². The van der Waals surface area contributed by atoms with E-state index < -0.39 is 5.97 Å². The lowest BCUT2D eigenvalue weighted by Crippen LogP contribution is -2.04. The van der Waals surface area contributed by atoms with Crippen molar-refractivity contribution in [3.05, 3.63) is 52.5 Å². The van der Waals surface area contributed by atoms with Gasteiger partial charge in [0.05, 0.1) is 16.3 Å². The molecule has 0 radical (unpaired) electrons. The van der Waals surface area contributed by atoms with Crippen molar-refractivity contribution < 1.29 is 9.90 Å². The molecule has 20 heavy (non-hydrogen) atoms. The largest absolute Gasteiger partial charge is 0.478 e. The van der Waals surface area contributed by atoms with E-state index in [1.165, 1.54) is 10.7 Å². The highest BCUT2D eigenvalue weighted by Crippen LogP contribution is 2.26. The van der Waals surface area contributed by atoms with Gasteiger partial charge >= 0.3 is 5.97 Å². The highest BCUT2D eigenvalue weighted by molar-refractivity contribution is 6.32. The lowest BCUT2D eigenvalue weighted by Gasteiger charge is -2.07. The van der Waals surface area contributed by atoms with Gasteiger partial charge in [-0.3, -0.25) is 0 Å². The number of benzene rings is 2. The van der Waals surface area contributed by atoms with Crippen molar-refractivity contribution in [2.24, 2.45) is 0 Å². The Labute approximate surface area is 119 Å². The number of carboxylic acids is 1. The zero-order chi connectivity index (χ0) is 14.3. The molecule has 3 rings (SSSR count). The van der Waals surface area contributed by atoms with Gasteiger partial charge in [-0.15, -0.1) is 5.10 Å². The van der Waals surface area contributed by atoms with Crippen LogP contribution in [0.15, 0.2) is 36.4 Å². The Kier molecular flexibility index (Phi) is 2.91. The molecule has 1 heterocycles. The number of nitrogens with zero attached hydrogens (tertiary/aromatic N) is 3. The van der Waals surface area contributed by atoms with Crippen molar-refractivity contribution in [2.45, 2.75) is 6.92 Å². The molecule has 0 aliphatic rings. The van der Waals surface area contributed by atoms with Crippen LogP contribution in [0.1, 0.15) is 15.9 Å². The molecule has 0 saturated carbocycles. The molecule has 0 aliphatic heterocycles. The summed E-state index contributed by atoms with van der Waals surface area (Å²) in [6, 6.07) is 10.4. The lowest BCUT2D eigenvalue weighted by atomic mass is 10.1. The van der Waals surface area contributed by atoms with E-state index in [1.807, 2.05) is 19.1 Å². The van der Waals surface area contributed by atoms with E-state index in [9.17, 15) is 9.90 Å². The molecule has 0 saturated heterocycles. The standard InChI is InChI=1S/C14H10ClN3O2/c1-8-5-6-10(15)12(7-8)18-13-9(14(19)20)3-2-4-11(13)16-17-18/h2-7H,1H3,(H,19,20). The average molecular weight is 288 g/mol. The van der Waals surface area contributed by atoms with Gasteiger partial charge in [-0.25, -0.2) is 9.48 Å². The van der Waals surface area contributed by atoms with E-state index in [0.29, 0.717) is 21.7 Å². The van der Waals surface area contributed by atoms with Crippen molar-refractivity contribution in [2.75, 3.05) is 0 Å². The normalized spacial score (nSPS) is 10.9. The molecule has 0 bridgehead atoms. The van der Waals surface area contributed by atoms with E-state index in [0.717, 1.165) is 5.56 Å². The van der Waals surface area contributed by atoms with Gasteiger partial charge in [0.25, 0.3) is 0 Å². The van der Waals surface area contributed by atoms with Crippen LogP contribution in [-0.4, -0.2) is 26.1 Å². The third-order valence-corrected chi connectivity index (χ3v) is 3.35. The fourth-order valence-corrected chi connectivity index (χ4v) is 2.30. The second-order valence-electron chi connectivity index (χ2n) is 4.43. The molecule has 5 nitrogen and oxygen atoms in total. The number of carboxylic acid groups (broad SMARTS) is 1. The van der Waals surface area contributed by atoms with Crippen LogP contribution in [-0.2, 0) is 0 Å². The Balaban J connectivity index is 2.37. The Bertz CT molecular complexity index is 826. The number of aromatic nitrogens is 3. The number of carbonyl (C=O) groups is 1. The summed E-state index contributed by atoms with van der Waals surface area (Å²) in [5.74, 6) is -1.03. The summed E-state index contributed by atoms with van der Waals surface area (Å²) in [5.41, 5.74) is 2.71. The molecule has 100 valence electrons. The van der Waals surface area contributed by atoms with Crippen LogP contribution in [0.5, 0.6) is 0 Å². The van der Waals surface area contributed by atoms with Crippen LogP contribution in [0, 0.1) is 6.92 Å². The lowest BCUT2D eigenvalue weighted by molar-refractivity contribution is 0.0698. The van der Waals surface area contributed by atoms with Gasteiger partial charge < -0.3 is 5.11 Å². The number of hydrogen-bond donors (Lipinski definition) is 1. The maximum absolute atomic E-state index is 11.3.